The number of imidazole rings is 1. The number of phosphoric ester groups is 1. The van der Waals surface area contributed by atoms with Crippen LogP contribution in [-0.4, -0.2) is 78.8 Å². The van der Waals surface area contributed by atoms with E-state index in [2.05, 4.69) is 23.6 Å². The van der Waals surface area contributed by atoms with Crippen LogP contribution in [0, 0.1) is 0 Å². The molecular weight excluding hydrogens is 613 g/mol. The first-order chi connectivity index (χ1) is 18.9. The molecule has 0 radical (unpaired) electrons. The number of aliphatic hydroxyl groups is 2. The average molecular weight is 644 g/mol. The van der Waals surface area contributed by atoms with E-state index in [-0.39, 0.29) is 17.6 Å². The molecule has 3 unspecified atom stereocenters. The molecule has 0 spiro atoms. The van der Waals surface area contributed by atoms with E-state index in [4.69, 9.17) is 19.0 Å². The number of ether oxygens (including phenoxy) is 1. The van der Waals surface area contributed by atoms with E-state index in [1.807, 2.05) is 19.9 Å². The van der Waals surface area contributed by atoms with E-state index in [1.165, 1.54) is 4.57 Å². The summed E-state index contributed by atoms with van der Waals surface area (Å²) in [5.74, 6) is -0.461. The van der Waals surface area contributed by atoms with E-state index in [0.29, 0.717) is 12.8 Å². The molecule has 1 fully saturated rings. The molecule has 7 atom stereocenters. The number of nitrogens with zero attached hydrogens (tertiary/aromatic N) is 4. The van der Waals surface area contributed by atoms with Crippen LogP contribution in [0.25, 0.3) is 11.2 Å². The fourth-order valence-corrected chi connectivity index (χ4v) is 7.17. The smallest absolute Gasteiger partial charge is 0.490 e. The quantitative estimate of drug-likeness (QED) is 0.121. The number of allylic oxidation sites excluding steroid dienone is 3. The first-order valence-electron chi connectivity index (χ1n) is 11.9. The van der Waals surface area contributed by atoms with Crippen molar-refractivity contribution in [2.75, 3.05) is 0 Å². The van der Waals surface area contributed by atoms with Gasteiger partial charge in [0.05, 0.1) is 6.33 Å². The maximum atomic E-state index is 12.6. The Hall–Kier alpha value is -1.88. The highest BCUT2D eigenvalue weighted by Crippen LogP contribution is 2.67. The van der Waals surface area contributed by atoms with E-state index in [0.717, 1.165) is 23.8 Å². The number of aliphatic hydroxyl groups excluding tert-OH is 2. The molecule has 1 aliphatic rings. The van der Waals surface area contributed by atoms with Crippen LogP contribution in [-0.2, 0) is 31.6 Å². The van der Waals surface area contributed by atoms with Crippen LogP contribution in [0.4, 0.5) is 0 Å². The zero-order chi connectivity index (χ0) is 30.8. The van der Waals surface area contributed by atoms with Crippen molar-refractivity contribution in [3.63, 3.8) is 0 Å². The minimum atomic E-state index is -5.82. The van der Waals surface area contributed by atoms with Gasteiger partial charge in [-0.05, 0) is 40.0 Å². The Labute approximate surface area is 233 Å². The third-order valence-electron chi connectivity index (χ3n) is 5.73. The van der Waals surface area contributed by atoms with Gasteiger partial charge in [0.15, 0.2) is 17.4 Å². The van der Waals surface area contributed by atoms with Crippen molar-refractivity contribution in [2.24, 2.45) is 0 Å². The summed E-state index contributed by atoms with van der Waals surface area (Å²) in [4.78, 5) is 48.8. The van der Waals surface area contributed by atoms with Gasteiger partial charge in [0.25, 0.3) is 0 Å². The molecule has 18 nitrogen and oxygen atoms in total. The molecule has 1 saturated heterocycles. The van der Waals surface area contributed by atoms with E-state index < -0.39 is 60.0 Å². The molecule has 230 valence electrons. The van der Waals surface area contributed by atoms with Gasteiger partial charge in [-0.1, -0.05) is 23.3 Å². The lowest BCUT2D eigenvalue weighted by atomic mass is 10.0. The standard InChI is InChI=1S/C20H31N4O14P3/c1-11(2)5-4-6-12(3)7-8-13(36-40(31,32)38-41(33,34)37-39(28,29)30)17-15(25)16(26)20(35-17)24-10-23-14-18(24)21-9-22-19(14)27/h5,7,9-10,13,15-17,20,25-26H,4,6,8H2,1-3H3,(H,31,32)(H,33,34)(H,21,22,27)(H2,28,29,30)/b12-7+/t13?,15-,16+,17+,20+/m0/s1. The molecule has 0 aliphatic carbocycles. The second kappa shape index (κ2) is 13.2. The Morgan fingerprint density at radius 3 is 2.34 bits per heavy atom. The number of aromatic hydroxyl groups is 1. The molecular formula is C20H31N4O14P3. The molecule has 3 heterocycles. The van der Waals surface area contributed by atoms with Crippen molar-refractivity contribution >= 4 is 34.6 Å². The number of aromatic nitrogens is 4. The van der Waals surface area contributed by atoms with Gasteiger partial charge in [-0.3, -0.25) is 9.09 Å². The number of fused-ring (bicyclic) bond motifs is 1. The molecule has 1 aliphatic heterocycles. The third-order valence-corrected chi connectivity index (χ3v) is 9.59. The highest BCUT2D eigenvalue weighted by molar-refractivity contribution is 7.66. The molecule has 2 aromatic heterocycles. The number of hydrogen-bond acceptors (Lipinski definition) is 13. The van der Waals surface area contributed by atoms with Gasteiger partial charge in [-0.2, -0.15) is 13.6 Å². The summed E-state index contributed by atoms with van der Waals surface area (Å²) in [5, 5.41) is 31.5. The Morgan fingerprint density at radius 1 is 1.02 bits per heavy atom. The number of hydrogen-bond donors (Lipinski definition) is 7. The van der Waals surface area contributed by atoms with E-state index in [1.54, 1.807) is 13.0 Å². The second-order valence-corrected chi connectivity index (χ2v) is 13.7. The third kappa shape index (κ3) is 9.30. The summed E-state index contributed by atoms with van der Waals surface area (Å²) >= 11 is 0. The number of rotatable bonds is 13. The summed E-state index contributed by atoms with van der Waals surface area (Å²) in [6.45, 7) is 5.61. The predicted molar refractivity (Wildman–Crippen MR) is 139 cm³/mol. The molecule has 7 N–H and O–H groups in total. The van der Waals surface area contributed by atoms with Gasteiger partial charge < -0.3 is 39.6 Å². The van der Waals surface area contributed by atoms with Crippen LogP contribution in [0.1, 0.15) is 46.3 Å². The topological polar surface area (TPSA) is 273 Å². The summed E-state index contributed by atoms with van der Waals surface area (Å²) in [6.07, 6.45) is -1.32. The summed E-state index contributed by atoms with van der Waals surface area (Å²) < 4.78 is 55.0. The highest BCUT2D eigenvalue weighted by Gasteiger charge is 2.50. The molecule has 0 amide bonds. The minimum Gasteiger partial charge on any atom is -0.492 e. The first-order valence-corrected chi connectivity index (χ1v) is 16.4. The fraction of sp³-hybridized carbons (Fsp3) is 0.550. The van der Waals surface area contributed by atoms with Crippen molar-refractivity contribution in [1.29, 1.82) is 0 Å². The Kier molecular flexibility index (Phi) is 10.8. The van der Waals surface area contributed by atoms with Crippen LogP contribution in [0.3, 0.4) is 0 Å². The maximum Gasteiger partial charge on any atom is 0.490 e. The van der Waals surface area contributed by atoms with Crippen molar-refractivity contribution in [3.8, 4) is 5.88 Å². The molecule has 0 bridgehead atoms. The van der Waals surface area contributed by atoms with Crippen molar-refractivity contribution in [1.82, 2.24) is 19.5 Å². The summed E-state index contributed by atoms with van der Waals surface area (Å²) in [6, 6.07) is 0. The minimum absolute atomic E-state index is 0.0221. The monoisotopic (exact) mass is 644 g/mol. The lowest BCUT2D eigenvalue weighted by Gasteiger charge is -2.27. The first kappa shape index (κ1) is 33.6. The molecule has 3 rings (SSSR count). The van der Waals surface area contributed by atoms with E-state index in [9.17, 15) is 38.8 Å². The van der Waals surface area contributed by atoms with Gasteiger partial charge in [0.2, 0.25) is 5.88 Å². The molecule has 41 heavy (non-hydrogen) atoms. The second-order valence-electron chi connectivity index (χ2n) is 9.33. The zero-order valence-corrected chi connectivity index (χ0v) is 24.6. The van der Waals surface area contributed by atoms with Crippen LogP contribution in [0.5, 0.6) is 5.88 Å². The molecule has 21 heteroatoms. The van der Waals surface area contributed by atoms with Crippen LogP contribution >= 0.6 is 23.5 Å². The Bertz CT molecular complexity index is 1440. The molecule has 2 aromatic rings. The average Bonchev–Trinajstić information content (AvgIpc) is 3.36. The van der Waals surface area contributed by atoms with Crippen molar-refractivity contribution in [3.05, 3.63) is 36.0 Å². The SMILES string of the molecule is CC(C)=CCC/C(C)=C/CC(OP(=O)(O)OP(=O)(O)OP(=O)(O)O)[C@H]1O[C@@H](n2cnc3c(O)ncnc32)[C@H](O)[C@@H]1O. The Balaban J connectivity index is 1.89. The van der Waals surface area contributed by atoms with Crippen LogP contribution in [0.2, 0.25) is 0 Å². The largest absolute Gasteiger partial charge is 0.492 e. The van der Waals surface area contributed by atoms with Gasteiger partial charge in [-0.25, -0.2) is 23.7 Å². The van der Waals surface area contributed by atoms with Crippen LogP contribution < -0.4 is 0 Å². The van der Waals surface area contributed by atoms with Crippen LogP contribution in [0.15, 0.2) is 36.0 Å². The normalized spacial score (nSPS) is 25.5. The van der Waals surface area contributed by atoms with Gasteiger partial charge in [-0.15, -0.1) is 0 Å². The zero-order valence-electron chi connectivity index (χ0n) is 21.9. The predicted octanol–water partition coefficient (Wildman–Crippen LogP) is 1.95. The lowest BCUT2D eigenvalue weighted by Crippen LogP contribution is -2.39. The number of phosphoric acid groups is 3. The summed E-state index contributed by atoms with van der Waals surface area (Å²) in [7, 11) is -17.1. The van der Waals surface area contributed by atoms with Crippen molar-refractivity contribution in [2.45, 2.75) is 70.7 Å². The summed E-state index contributed by atoms with van der Waals surface area (Å²) in [5.41, 5.74) is 1.87. The molecule has 0 aromatic carbocycles. The highest BCUT2D eigenvalue weighted by atomic mass is 31.3. The van der Waals surface area contributed by atoms with Gasteiger partial charge in [0, 0.05) is 0 Å². The Morgan fingerprint density at radius 2 is 1.71 bits per heavy atom. The van der Waals surface area contributed by atoms with E-state index >= 15 is 0 Å². The molecule has 0 saturated carbocycles. The van der Waals surface area contributed by atoms with Gasteiger partial charge in [0.1, 0.15) is 30.7 Å². The van der Waals surface area contributed by atoms with Crippen molar-refractivity contribution < 1.29 is 66.5 Å². The maximum absolute atomic E-state index is 12.6. The van der Waals surface area contributed by atoms with Gasteiger partial charge >= 0.3 is 23.5 Å². The fourth-order valence-electron chi connectivity index (χ4n) is 3.96. The lowest BCUT2D eigenvalue weighted by molar-refractivity contribution is -0.0798.